The summed E-state index contributed by atoms with van der Waals surface area (Å²) in [4.78, 5) is 2.22. The van der Waals surface area contributed by atoms with Crippen LogP contribution in [0, 0.1) is 0 Å². The van der Waals surface area contributed by atoms with Crippen molar-refractivity contribution in [3.63, 3.8) is 0 Å². The summed E-state index contributed by atoms with van der Waals surface area (Å²) in [5, 5.41) is 9.27. The molecule has 1 N–H and O–H groups in total. The van der Waals surface area contributed by atoms with Crippen molar-refractivity contribution in [2.75, 3.05) is 13.6 Å². The number of aliphatic hydroxyl groups is 1. The zero-order valence-corrected chi connectivity index (χ0v) is 7.09. The SMILES string of the molecule is CN1CC(O)CCC1(C)C. The van der Waals surface area contributed by atoms with Gasteiger partial charge in [-0.05, 0) is 33.7 Å². The van der Waals surface area contributed by atoms with Gasteiger partial charge in [0.05, 0.1) is 6.10 Å². The van der Waals surface area contributed by atoms with E-state index < -0.39 is 0 Å². The minimum atomic E-state index is -0.0991. The van der Waals surface area contributed by atoms with Crippen LogP contribution in [0.15, 0.2) is 0 Å². The van der Waals surface area contributed by atoms with E-state index in [2.05, 4.69) is 25.8 Å². The lowest BCUT2D eigenvalue weighted by atomic mass is 9.90. The van der Waals surface area contributed by atoms with E-state index in [1.165, 1.54) is 0 Å². The average Bonchev–Trinajstić information content (AvgIpc) is 1.81. The monoisotopic (exact) mass is 143 g/mol. The number of piperidine rings is 1. The second kappa shape index (κ2) is 2.51. The molecular weight excluding hydrogens is 126 g/mol. The van der Waals surface area contributed by atoms with E-state index in [0.717, 1.165) is 19.4 Å². The largest absolute Gasteiger partial charge is 0.392 e. The van der Waals surface area contributed by atoms with E-state index in [1.54, 1.807) is 0 Å². The maximum atomic E-state index is 9.27. The van der Waals surface area contributed by atoms with E-state index in [0.29, 0.717) is 5.54 Å². The van der Waals surface area contributed by atoms with Crippen molar-refractivity contribution in [1.82, 2.24) is 4.90 Å². The molecule has 0 saturated carbocycles. The summed E-state index contributed by atoms with van der Waals surface area (Å²) in [5.41, 5.74) is 0.291. The second-order valence-corrected chi connectivity index (χ2v) is 3.89. The van der Waals surface area contributed by atoms with Gasteiger partial charge in [-0.3, -0.25) is 4.90 Å². The molecule has 1 unspecified atom stereocenters. The molecule has 0 amide bonds. The predicted molar refractivity (Wildman–Crippen MR) is 41.9 cm³/mol. The molecular formula is C8H17NO. The van der Waals surface area contributed by atoms with Crippen LogP contribution in [0.1, 0.15) is 26.7 Å². The molecule has 2 heteroatoms. The van der Waals surface area contributed by atoms with Gasteiger partial charge < -0.3 is 5.11 Å². The second-order valence-electron chi connectivity index (χ2n) is 3.89. The van der Waals surface area contributed by atoms with Crippen molar-refractivity contribution in [3.8, 4) is 0 Å². The van der Waals surface area contributed by atoms with Crippen LogP contribution in [-0.2, 0) is 0 Å². The smallest absolute Gasteiger partial charge is 0.0667 e. The Kier molecular flexibility index (Phi) is 2.02. The lowest BCUT2D eigenvalue weighted by Crippen LogP contribution is -2.49. The van der Waals surface area contributed by atoms with Gasteiger partial charge in [0.25, 0.3) is 0 Å². The molecule has 0 radical (unpaired) electrons. The molecule has 0 aromatic carbocycles. The van der Waals surface area contributed by atoms with Gasteiger partial charge in [0.2, 0.25) is 0 Å². The van der Waals surface area contributed by atoms with Crippen molar-refractivity contribution in [2.24, 2.45) is 0 Å². The molecule has 1 fully saturated rings. The minimum Gasteiger partial charge on any atom is -0.392 e. The average molecular weight is 143 g/mol. The molecule has 0 aromatic heterocycles. The molecule has 1 aliphatic rings. The highest BCUT2D eigenvalue weighted by molar-refractivity contribution is 4.86. The number of hydrogen-bond acceptors (Lipinski definition) is 2. The summed E-state index contributed by atoms with van der Waals surface area (Å²) >= 11 is 0. The Bertz CT molecular complexity index is 122. The molecule has 2 nitrogen and oxygen atoms in total. The Labute approximate surface area is 62.8 Å². The molecule has 0 aliphatic carbocycles. The number of hydrogen-bond donors (Lipinski definition) is 1. The van der Waals surface area contributed by atoms with Crippen LogP contribution >= 0.6 is 0 Å². The Hall–Kier alpha value is -0.0800. The number of likely N-dealkylation sites (N-methyl/N-ethyl adjacent to an activating group) is 1. The molecule has 1 saturated heterocycles. The normalized spacial score (nSPS) is 34.2. The Morgan fingerprint density at radius 3 is 2.50 bits per heavy atom. The number of aliphatic hydroxyl groups excluding tert-OH is 1. The van der Waals surface area contributed by atoms with Gasteiger partial charge in [0, 0.05) is 12.1 Å². The Morgan fingerprint density at radius 2 is 2.10 bits per heavy atom. The predicted octanol–water partition coefficient (Wildman–Crippen LogP) is 0.851. The Morgan fingerprint density at radius 1 is 1.50 bits per heavy atom. The standard InChI is InChI=1S/C8H17NO/c1-8(2)5-4-7(10)6-9(8)3/h7,10H,4-6H2,1-3H3. The first-order chi connectivity index (χ1) is 4.52. The van der Waals surface area contributed by atoms with E-state index >= 15 is 0 Å². The quantitative estimate of drug-likeness (QED) is 0.543. The number of rotatable bonds is 0. The van der Waals surface area contributed by atoms with Crippen LogP contribution in [0.4, 0.5) is 0 Å². The zero-order chi connectivity index (χ0) is 7.78. The Balaban J connectivity index is 2.52. The third-order valence-electron chi connectivity index (χ3n) is 2.61. The fourth-order valence-corrected chi connectivity index (χ4v) is 1.37. The maximum absolute atomic E-state index is 9.27. The third-order valence-corrected chi connectivity index (χ3v) is 2.61. The molecule has 1 heterocycles. The van der Waals surface area contributed by atoms with Crippen LogP contribution in [0.5, 0.6) is 0 Å². The van der Waals surface area contributed by atoms with Crippen molar-refractivity contribution >= 4 is 0 Å². The molecule has 0 aromatic rings. The van der Waals surface area contributed by atoms with Crippen LogP contribution in [0.2, 0.25) is 0 Å². The van der Waals surface area contributed by atoms with Crippen molar-refractivity contribution in [3.05, 3.63) is 0 Å². The molecule has 60 valence electrons. The number of nitrogens with zero attached hydrogens (tertiary/aromatic N) is 1. The van der Waals surface area contributed by atoms with Gasteiger partial charge >= 0.3 is 0 Å². The van der Waals surface area contributed by atoms with Crippen LogP contribution in [-0.4, -0.2) is 35.2 Å². The first-order valence-corrected chi connectivity index (χ1v) is 3.92. The highest BCUT2D eigenvalue weighted by Crippen LogP contribution is 2.25. The summed E-state index contributed by atoms with van der Waals surface area (Å²) in [6.45, 7) is 5.27. The first kappa shape index (κ1) is 8.02. The van der Waals surface area contributed by atoms with Gasteiger partial charge in [0.15, 0.2) is 0 Å². The van der Waals surface area contributed by atoms with Crippen molar-refractivity contribution < 1.29 is 5.11 Å². The number of likely N-dealkylation sites (tertiary alicyclic amines) is 1. The summed E-state index contributed by atoms with van der Waals surface area (Å²) in [6, 6.07) is 0. The maximum Gasteiger partial charge on any atom is 0.0667 e. The number of β-amino-alcohol motifs (C(OH)–C–C–N with tert-alkyl or cyclic N) is 1. The van der Waals surface area contributed by atoms with E-state index in [-0.39, 0.29) is 6.10 Å². The summed E-state index contributed by atoms with van der Waals surface area (Å²) in [7, 11) is 2.07. The summed E-state index contributed by atoms with van der Waals surface area (Å²) in [6.07, 6.45) is 1.96. The molecule has 1 rings (SSSR count). The molecule has 0 spiro atoms. The molecule has 1 atom stereocenters. The van der Waals surface area contributed by atoms with Crippen LogP contribution < -0.4 is 0 Å². The fraction of sp³-hybridized carbons (Fsp3) is 1.00. The van der Waals surface area contributed by atoms with Crippen molar-refractivity contribution in [2.45, 2.75) is 38.3 Å². The topological polar surface area (TPSA) is 23.5 Å². The van der Waals surface area contributed by atoms with Crippen molar-refractivity contribution in [1.29, 1.82) is 0 Å². The first-order valence-electron chi connectivity index (χ1n) is 3.92. The highest BCUT2D eigenvalue weighted by atomic mass is 16.3. The van der Waals surface area contributed by atoms with E-state index in [1.807, 2.05) is 0 Å². The highest BCUT2D eigenvalue weighted by Gasteiger charge is 2.30. The molecule has 10 heavy (non-hydrogen) atoms. The van der Waals surface area contributed by atoms with Crippen LogP contribution in [0.3, 0.4) is 0 Å². The van der Waals surface area contributed by atoms with E-state index in [4.69, 9.17) is 0 Å². The minimum absolute atomic E-state index is 0.0991. The summed E-state index contributed by atoms with van der Waals surface area (Å²) in [5.74, 6) is 0. The van der Waals surface area contributed by atoms with E-state index in [9.17, 15) is 5.11 Å². The molecule has 1 aliphatic heterocycles. The fourth-order valence-electron chi connectivity index (χ4n) is 1.37. The van der Waals surface area contributed by atoms with Gasteiger partial charge in [-0.15, -0.1) is 0 Å². The molecule has 0 bridgehead atoms. The summed E-state index contributed by atoms with van der Waals surface area (Å²) < 4.78 is 0. The van der Waals surface area contributed by atoms with Gasteiger partial charge in [-0.2, -0.15) is 0 Å². The lowest BCUT2D eigenvalue weighted by Gasteiger charge is -2.41. The third kappa shape index (κ3) is 1.50. The lowest BCUT2D eigenvalue weighted by molar-refractivity contribution is 0.0130. The zero-order valence-electron chi connectivity index (χ0n) is 7.09. The van der Waals surface area contributed by atoms with Gasteiger partial charge in [-0.1, -0.05) is 0 Å². The van der Waals surface area contributed by atoms with Crippen LogP contribution in [0.25, 0.3) is 0 Å². The van der Waals surface area contributed by atoms with Gasteiger partial charge in [0.1, 0.15) is 0 Å². The van der Waals surface area contributed by atoms with Gasteiger partial charge in [-0.25, -0.2) is 0 Å².